The number of nitrogens with zero attached hydrogens (tertiary/aromatic N) is 1. The number of anilines is 2. The molecule has 0 aliphatic heterocycles. The van der Waals surface area contributed by atoms with Gasteiger partial charge < -0.3 is 10.5 Å². The molecule has 0 aromatic heterocycles. The summed E-state index contributed by atoms with van der Waals surface area (Å²) >= 11 is 17.2. The lowest BCUT2D eigenvalue weighted by Gasteiger charge is -2.26. The summed E-state index contributed by atoms with van der Waals surface area (Å²) in [6.45, 7) is 0. The zero-order chi connectivity index (χ0) is 15.4. The Morgan fingerprint density at radius 2 is 1.95 bits per heavy atom. The molecule has 3 N–H and O–H groups in total. The maximum atomic E-state index is 6.20. The summed E-state index contributed by atoms with van der Waals surface area (Å²) in [5.74, 6) is 0.656. The van der Waals surface area contributed by atoms with Crippen molar-refractivity contribution in [2.45, 2.75) is 0 Å². The molecule has 0 aliphatic carbocycles. The first-order valence-corrected chi connectivity index (χ1v) is 7.13. The lowest BCUT2D eigenvalue weighted by Crippen LogP contribution is -2.40. The first-order chi connectivity index (χ1) is 10.0. The van der Waals surface area contributed by atoms with Crippen molar-refractivity contribution >= 4 is 51.9 Å². The van der Waals surface area contributed by atoms with Crippen LogP contribution in [0.2, 0.25) is 10.0 Å². The minimum absolute atomic E-state index is 0.116. The molecule has 0 spiro atoms. The second-order valence-corrected chi connectivity index (χ2v) is 5.34. The second-order valence-electron chi connectivity index (χ2n) is 4.08. The molecule has 0 heterocycles. The fraction of sp³-hybridized carbons (Fsp3) is 0.0714. The van der Waals surface area contributed by atoms with Crippen LogP contribution in [0.25, 0.3) is 0 Å². The number of para-hydroxylation sites is 2. The predicted octanol–water partition coefficient (Wildman–Crippen LogP) is 4.08. The Balaban J connectivity index is 2.38. The molecule has 0 amide bonds. The molecular formula is C14H13Cl2N3OS. The summed E-state index contributed by atoms with van der Waals surface area (Å²) in [7, 11) is 1.58. The van der Waals surface area contributed by atoms with E-state index in [1.54, 1.807) is 25.3 Å². The number of ether oxygens (including phenoxy) is 1. The van der Waals surface area contributed by atoms with E-state index >= 15 is 0 Å². The lowest BCUT2D eigenvalue weighted by atomic mass is 10.3. The van der Waals surface area contributed by atoms with E-state index in [0.717, 1.165) is 0 Å². The normalized spacial score (nSPS) is 10.0. The van der Waals surface area contributed by atoms with E-state index in [9.17, 15) is 0 Å². The van der Waals surface area contributed by atoms with Gasteiger partial charge in [0.15, 0.2) is 5.11 Å². The standard InChI is InChI=1S/C14H13Cl2N3OS/c1-20-13-5-3-2-4-11(13)18-19(14(17)21)12-7-6-9(15)8-10(12)16/h2-8,18H,1H3,(H2,17,21). The highest BCUT2D eigenvalue weighted by atomic mass is 35.5. The number of benzene rings is 2. The first-order valence-electron chi connectivity index (χ1n) is 5.97. The Kier molecular flexibility index (Phi) is 5.12. The van der Waals surface area contributed by atoms with Crippen molar-refractivity contribution in [1.82, 2.24) is 0 Å². The van der Waals surface area contributed by atoms with Crippen LogP contribution in [-0.4, -0.2) is 12.2 Å². The van der Waals surface area contributed by atoms with Gasteiger partial charge in [0.25, 0.3) is 0 Å². The van der Waals surface area contributed by atoms with E-state index in [1.165, 1.54) is 5.01 Å². The zero-order valence-electron chi connectivity index (χ0n) is 11.1. The van der Waals surface area contributed by atoms with Gasteiger partial charge in [0.1, 0.15) is 5.75 Å². The Morgan fingerprint density at radius 3 is 2.57 bits per heavy atom. The van der Waals surface area contributed by atoms with E-state index in [0.29, 0.717) is 27.2 Å². The predicted molar refractivity (Wildman–Crippen MR) is 92.3 cm³/mol. The highest BCUT2D eigenvalue weighted by Gasteiger charge is 2.15. The second kappa shape index (κ2) is 6.85. The molecule has 0 radical (unpaired) electrons. The van der Waals surface area contributed by atoms with Gasteiger partial charge in [0, 0.05) is 5.02 Å². The molecule has 2 rings (SSSR count). The van der Waals surface area contributed by atoms with Gasteiger partial charge in [0.2, 0.25) is 0 Å². The summed E-state index contributed by atoms with van der Waals surface area (Å²) in [6.07, 6.45) is 0. The molecule has 4 nitrogen and oxygen atoms in total. The fourth-order valence-electron chi connectivity index (χ4n) is 1.75. The van der Waals surface area contributed by atoms with Crippen molar-refractivity contribution in [2.24, 2.45) is 5.73 Å². The average molecular weight is 342 g/mol. The van der Waals surface area contributed by atoms with Crippen LogP contribution >= 0.6 is 35.4 Å². The number of hydrazine groups is 1. The highest BCUT2D eigenvalue weighted by molar-refractivity contribution is 7.80. The van der Waals surface area contributed by atoms with Crippen LogP contribution < -0.4 is 20.9 Å². The molecule has 0 aliphatic rings. The van der Waals surface area contributed by atoms with Crippen molar-refractivity contribution in [3.8, 4) is 5.75 Å². The molecule has 0 fully saturated rings. The number of hydrogen-bond donors (Lipinski definition) is 2. The third-order valence-electron chi connectivity index (χ3n) is 2.71. The molecule has 7 heteroatoms. The quantitative estimate of drug-likeness (QED) is 0.648. The van der Waals surface area contributed by atoms with Gasteiger partial charge in [-0.05, 0) is 42.5 Å². The molecule has 21 heavy (non-hydrogen) atoms. The van der Waals surface area contributed by atoms with Crippen LogP contribution in [-0.2, 0) is 0 Å². The van der Waals surface area contributed by atoms with Gasteiger partial charge in [-0.25, -0.2) is 5.01 Å². The van der Waals surface area contributed by atoms with E-state index in [-0.39, 0.29) is 5.11 Å². The number of hydrogen-bond acceptors (Lipinski definition) is 3. The fourth-order valence-corrected chi connectivity index (χ4v) is 2.39. The Morgan fingerprint density at radius 1 is 1.24 bits per heavy atom. The highest BCUT2D eigenvalue weighted by Crippen LogP contribution is 2.31. The zero-order valence-corrected chi connectivity index (χ0v) is 13.5. The van der Waals surface area contributed by atoms with Gasteiger partial charge in [-0.15, -0.1) is 0 Å². The third-order valence-corrected chi connectivity index (χ3v) is 3.43. The molecule has 0 saturated heterocycles. The van der Waals surface area contributed by atoms with Crippen LogP contribution in [0.5, 0.6) is 5.75 Å². The monoisotopic (exact) mass is 341 g/mol. The van der Waals surface area contributed by atoms with Gasteiger partial charge >= 0.3 is 0 Å². The SMILES string of the molecule is COc1ccccc1NN(C(N)=S)c1ccc(Cl)cc1Cl. The number of methoxy groups -OCH3 is 1. The molecule has 2 aromatic rings. The number of nitrogens with one attached hydrogen (secondary N) is 1. The summed E-state index contributed by atoms with van der Waals surface area (Å²) in [6, 6.07) is 12.5. The van der Waals surface area contributed by atoms with Gasteiger partial charge in [-0.1, -0.05) is 35.3 Å². The largest absolute Gasteiger partial charge is 0.495 e. The summed E-state index contributed by atoms with van der Waals surface area (Å²) in [5, 5.41) is 2.57. The Hall–Kier alpha value is -1.69. The Labute approximate surface area is 138 Å². The van der Waals surface area contributed by atoms with E-state index in [2.05, 4.69) is 5.43 Å². The van der Waals surface area contributed by atoms with Gasteiger partial charge in [0.05, 0.1) is 23.5 Å². The maximum absolute atomic E-state index is 6.20. The number of thiocarbonyl (C=S) groups is 1. The number of halogens is 2. The van der Waals surface area contributed by atoms with E-state index in [1.807, 2.05) is 24.3 Å². The maximum Gasteiger partial charge on any atom is 0.190 e. The molecule has 0 unspecified atom stereocenters. The van der Waals surface area contributed by atoms with Crippen LogP contribution in [0.1, 0.15) is 0 Å². The van der Waals surface area contributed by atoms with Crippen molar-refractivity contribution in [3.05, 3.63) is 52.5 Å². The van der Waals surface area contributed by atoms with Gasteiger partial charge in [-0.3, -0.25) is 5.43 Å². The Bertz CT molecular complexity index is 666. The molecular weight excluding hydrogens is 329 g/mol. The lowest BCUT2D eigenvalue weighted by molar-refractivity contribution is 0.416. The summed E-state index contributed by atoms with van der Waals surface area (Å²) < 4.78 is 5.28. The van der Waals surface area contributed by atoms with E-state index < -0.39 is 0 Å². The third kappa shape index (κ3) is 3.69. The van der Waals surface area contributed by atoms with Gasteiger partial charge in [-0.2, -0.15) is 0 Å². The van der Waals surface area contributed by atoms with Crippen molar-refractivity contribution in [2.75, 3.05) is 17.5 Å². The molecule has 0 bridgehead atoms. The van der Waals surface area contributed by atoms with Crippen LogP contribution in [0, 0.1) is 0 Å². The number of nitrogens with two attached hydrogens (primary N) is 1. The van der Waals surface area contributed by atoms with Crippen molar-refractivity contribution < 1.29 is 4.74 Å². The molecule has 2 aromatic carbocycles. The molecule has 0 atom stereocenters. The number of rotatable bonds is 4. The summed E-state index contributed by atoms with van der Waals surface area (Å²) in [5.41, 5.74) is 10.2. The van der Waals surface area contributed by atoms with E-state index in [4.69, 9.17) is 45.9 Å². The smallest absolute Gasteiger partial charge is 0.190 e. The minimum Gasteiger partial charge on any atom is -0.495 e. The minimum atomic E-state index is 0.116. The molecule has 0 saturated carbocycles. The van der Waals surface area contributed by atoms with Crippen LogP contribution in [0.3, 0.4) is 0 Å². The van der Waals surface area contributed by atoms with Crippen molar-refractivity contribution in [1.29, 1.82) is 0 Å². The topological polar surface area (TPSA) is 50.5 Å². The van der Waals surface area contributed by atoms with Crippen LogP contribution in [0.15, 0.2) is 42.5 Å². The average Bonchev–Trinajstić information content (AvgIpc) is 2.45. The van der Waals surface area contributed by atoms with Crippen molar-refractivity contribution in [3.63, 3.8) is 0 Å². The first kappa shape index (κ1) is 15.7. The molecule has 110 valence electrons. The summed E-state index contributed by atoms with van der Waals surface area (Å²) in [4.78, 5) is 0. The van der Waals surface area contributed by atoms with Crippen LogP contribution in [0.4, 0.5) is 11.4 Å².